The fourth-order valence-corrected chi connectivity index (χ4v) is 2.96. The highest BCUT2D eigenvalue weighted by Crippen LogP contribution is 2.37. The first-order valence-corrected chi connectivity index (χ1v) is 6.50. The van der Waals surface area contributed by atoms with Crippen LogP contribution >= 0.6 is 34.8 Å². The Hall–Kier alpha value is -0.410. The fourth-order valence-electron chi connectivity index (χ4n) is 2.03. The Balaban J connectivity index is 2.85. The molecule has 0 radical (unpaired) electrons. The summed E-state index contributed by atoms with van der Waals surface area (Å²) >= 11 is 18.4. The Morgan fingerprint density at radius 2 is 1.94 bits per heavy atom. The van der Waals surface area contributed by atoms with Crippen LogP contribution in [0.4, 0.5) is 0 Å². The van der Waals surface area contributed by atoms with Crippen LogP contribution in [0.15, 0.2) is 12.1 Å². The average molecular weight is 293 g/mol. The Morgan fingerprint density at radius 3 is 2.53 bits per heavy atom. The van der Waals surface area contributed by atoms with Crippen molar-refractivity contribution >= 4 is 45.7 Å². The van der Waals surface area contributed by atoms with Gasteiger partial charge in [-0.25, -0.2) is 0 Å². The van der Waals surface area contributed by atoms with Gasteiger partial charge in [0.05, 0.1) is 17.1 Å². The topological polar surface area (TPSA) is 25.2 Å². The molecule has 0 fully saturated rings. The summed E-state index contributed by atoms with van der Waals surface area (Å²) in [5.74, 6) is 0. The lowest BCUT2D eigenvalue weighted by Gasteiger charge is -2.05. The molecule has 0 bridgehead atoms. The van der Waals surface area contributed by atoms with E-state index in [1.165, 1.54) is 0 Å². The number of aromatic nitrogens is 1. The van der Waals surface area contributed by atoms with Crippen LogP contribution in [0.2, 0.25) is 15.2 Å². The second kappa shape index (κ2) is 5.07. The van der Waals surface area contributed by atoms with Crippen molar-refractivity contribution in [3.05, 3.63) is 32.9 Å². The normalized spacial score (nSPS) is 11.4. The molecule has 2 nitrogen and oxygen atoms in total. The van der Waals surface area contributed by atoms with E-state index in [0.717, 1.165) is 23.9 Å². The van der Waals surface area contributed by atoms with Gasteiger partial charge in [-0.05, 0) is 18.6 Å². The van der Waals surface area contributed by atoms with Crippen molar-refractivity contribution in [2.45, 2.75) is 26.5 Å². The van der Waals surface area contributed by atoms with E-state index >= 15 is 0 Å². The second-order valence-corrected chi connectivity index (χ2v) is 5.06. The number of fused-ring (bicyclic) bond motifs is 1. The van der Waals surface area contributed by atoms with Crippen molar-refractivity contribution < 1.29 is 5.11 Å². The number of rotatable bonds is 3. The lowest BCUT2D eigenvalue weighted by atomic mass is 10.2. The lowest BCUT2D eigenvalue weighted by molar-refractivity contribution is 0.283. The van der Waals surface area contributed by atoms with E-state index < -0.39 is 0 Å². The van der Waals surface area contributed by atoms with Crippen molar-refractivity contribution in [1.82, 2.24) is 4.57 Å². The van der Waals surface area contributed by atoms with E-state index in [2.05, 4.69) is 6.92 Å². The molecule has 1 aromatic heterocycles. The third kappa shape index (κ3) is 2.15. The first-order valence-electron chi connectivity index (χ1n) is 5.36. The molecule has 0 unspecified atom stereocenters. The Kier molecular flexibility index (Phi) is 3.88. The van der Waals surface area contributed by atoms with Crippen LogP contribution in [-0.4, -0.2) is 9.67 Å². The standard InChI is InChI=1S/C12H12Cl3NO/c1-2-3-16-10-5-7(13)4-9(14)11(10)8(6-17)12(16)15/h4-5,17H,2-3,6H2,1H3. The quantitative estimate of drug-likeness (QED) is 0.885. The first kappa shape index (κ1) is 13.0. The van der Waals surface area contributed by atoms with E-state index in [1.807, 2.05) is 10.6 Å². The molecule has 2 rings (SSSR count). The Bertz CT molecular complexity index is 563. The minimum Gasteiger partial charge on any atom is -0.392 e. The molecule has 0 aliphatic carbocycles. The molecule has 0 spiro atoms. The summed E-state index contributed by atoms with van der Waals surface area (Å²) in [5, 5.41) is 11.8. The predicted molar refractivity (Wildman–Crippen MR) is 73.2 cm³/mol. The zero-order valence-corrected chi connectivity index (χ0v) is 11.6. The van der Waals surface area contributed by atoms with Gasteiger partial charge in [-0.15, -0.1) is 0 Å². The highest BCUT2D eigenvalue weighted by Gasteiger charge is 2.17. The molecular weight excluding hydrogens is 280 g/mol. The molecule has 0 amide bonds. The van der Waals surface area contributed by atoms with Crippen molar-refractivity contribution in [3.63, 3.8) is 0 Å². The van der Waals surface area contributed by atoms with E-state index in [4.69, 9.17) is 34.8 Å². The minimum atomic E-state index is -0.132. The molecule has 5 heteroatoms. The largest absolute Gasteiger partial charge is 0.392 e. The first-order chi connectivity index (χ1) is 8.10. The number of halogens is 3. The van der Waals surface area contributed by atoms with Crippen LogP contribution < -0.4 is 0 Å². The van der Waals surface area contributed by atoms with Crippen LogP contribution in [0.1, 0.15) is 18.9 Å². The van der Waals surface area contributed by atoms with Gasteiger partial charge in [-0.2, -0.15) is 0 Å². The molecule has 1 N–H and O–H groups in total. The SMILES string of the molecule is CCCn1c(Cl)c(CO)c2c(Cl)cc(Cl)cc21. The van der Waals surface area contributed by atoms with Gasteiger partial charge in [-0.3, -0.25) is 0 Å². The van der Waals surface area contributed by atoms with Gasteiger partial charge in [0.15, 0.2) is 0 Å². The highest BCUT2D eigenvalue weighted by molar-refractivity contribution is 6.40. The summed E-state index contributed by atoms with van der Waals surface area (Å²) in [6.07, 6.45) is 0.943. The van der Waals surface area contributed by atoms with Gasteiger partial charge in [0, 0.05) is 22.5 Å². The molecule has 2 aromatic rings. The summed E-state index contributed by atoms with van der Waals surface area (Å²) in [7, 11) is 0. The van der Waals surface area contributed by atoms with Crippen molar-refractivity contribution in [2.75, 3.05) is 0 Å². The molecule has 92 valence electrons. The number of nitrogens with zero attached hydrogens (tertiary/aromatic N) is 1. The monoisotopic (exact) mass is 291 g/mol. The molecule has 0 atom stereocenters. The number of aliphatic hydroxyl groups excluding tert-OH is 1. The zero-order chi connectivity index (χ0) is 12.6. The van der Waals surface area contributed by atoms with Gasteiger partial charge >= 0.3 is 0 Å². The van der Waals surface area contributed by atoms with Crippen LogP contribution in [-0.2, 0) is 13.2 Å². The van der Waals surface area contributed by atoms with Gasteiger partial charge in [0.1, 0.15) is 5.15 Å². The summed E-state index contributed by atoms with van der Waals surface area (Å²) in [5.41, 5.74) is 1.54. The van der Waals surface area contributed by atoms with Gasteiger partial charge in [0.25, 0.3) is 0 Å². The third-order valence-corrected chi connectivity index (χ3v) is 3.67. The summed E-state index contributed by atoms with van der Waals surface area (Å²) in [4.78, 5) is 0. The molecule has 1 heterocycles. The van der Waals surface area contributed by atoms with Crippen LogP contribution in [0, 0.1) is 0 Å². The average Bonchev–Trinajstić information content (AvgIpc) is 2.53. The summed E-state index contributed by atoms with van der Waals surface area (Å²) in [6.45, 7) is 2.70. The second-order valence-electron chi connectivity index (χ2n) is 3.86. The molecule has 1 aromatic carbocycles. The number of hydrogen-bond acceptors (Lipinski definition) is 1. The number of aliphatic hydroxyl groups is 1. The van der Waals surface area contributed by atoms with E-state index in [0.29, 0.717) is 20.8 Å². The van der Waals surface area contributed by atoms with Gasteiger partial charge in [0.2, 0.25) is 0 Å². The van der Waals surface area contributed by atoms with Crippen molar-refractivity contribution in [3.8, 4) is 0 Å². The minimum absolute atomic E-state index is 0.132. The number of hydrogen-bond donors (Lipinski definition) is 1. The van der Waals surface area contributed by atoms with Crippen LogP contribution in [0.25, 0.3) is 10.9 Å². The number of benzene rings is 1. The summed E-state index contributed by atoms with van der Waals surface area (Å²) in [6, 6.07) is 3.49. The predicted octanol–water partition coefficient (Wildman–Crippen LogP) is 4.50. The lowest BCUT2D eigenvalue weighted by Crippen LogP contribution is -1.96. The smallest absolute Gasteiger partial charge is 0.115 e. The highest BCUT2D eigenvalue weighted by atomic mass is 35.5. The number of aryl methyl sites for hydroxylation is 1. The Morgan fingerprint density at radius 1 is 1.24 bits per heavy atom. The van der Waals surface area contributed by atoms with Gasteiger partial charge < -0.3 is 9.67 Å². The maximum atomic E-state index is 9.40. The molecule has 17 heavy (non-hydrogen) atoms. The van der Waals surface area contributed by atoms with Gasteiger partial charge in [-0.1, -0.05) is 41.7 Å². The zero-order valence-electron chi connectivity index (χ0n) is 9.30. The van der Waals surface area contributed by atoms with E-state index in [1.54, 1.807) is 6.07 Å². The molecular formula is C12H12Cl3NO. The molecule has 0 saturated carbocycles. The maximum absolute atomic E-state index is 9.40. The van der Waals surface area contributed by atoms with Crippen LogP contribution in [0.3, 0.4) is 0 Å². The summed E-state index contributed by atoms with van der Waals surface area (Å²) < 4.78 is 1.93. The fraction of sp³-hybridized carbons (Fsp3) is 0.333. The van der Waals surface area contributed by atoms with Crippen LogP contribution in [0.5, 0.6) is 0 Å². The third-order valence-electron chi connectivity index (χ3n) is 2.72. The molecule has 0 saturated heterocycles. The van der Waals surface area contributed by atoms with Crippen molar-refractivity contribution in [2.24, 2.45) is 0 Å². The van der Waals surface area contributed by atoms with E-state index in [9.17, 15) is 5.11 Å². The Labute approximate surface area is 115 Å². The van der Waals surface area contributed by atoms with E-state index in [-0.39, 0.29) is 6.61 Å². The van der Waals surface area contributed by atoms with Crippen molar-refractivity contribution in [1.29, 1.82) is 0 Å². The molecule has 0 aliphatic heterocycles. The molecule has 0 aliphatic rings. The maximum Gasteiger partial charge on any atom is 0.115 e.